The molecule has 28 heavy (non-hydrogen) atoms. The van der Waals surface area contributed by atoms with Gasteiger partial charge in [0.2, 0.25) is 0 Å². The molecule has 1 aliphatic rings. The second kappa shape index (κ2) is 8.58. The van der Waals surface area contributed by atoms with E-state index in [0.717, 1.165) is 16.7 Å². The van der Waals surface area contributed by atoms with Gasteiger partial charge in [-0.3, -0.25) is 9.59 Å². The van der Waals surface area contributed by atoms with E-state index < -0.39 is 17.6 Å². The van der Waals surface area contributed by atoms with Gasteiger partial charge in [0.15, 0.2) is 0 Å². The summed E-state index contributed by atoms with van der Waals surface area (Å²) in [5.41, 5.74) is 1.15. The van der Waals surface area contributed by atoms with Crippen molar-refractivity contribution in [2.24, 2.45) is 0 Å². The van der Waals surface area contributed by atoms with Gasteiger partial charge in [0.1, 0.15) is 11.6 Å². The van der Waals surface area contributed by atoms with Crippen LogP contribution < -0.4 is 9.64 Å². The molecule has 0 bridgehead atoms. The molecule has 0 atom stereocenters. The van der Waals surface area contributed by atoms with E-state index in [-0.39, 0.29) is 28.9 Å². The van der Waals surface area contributed by atoms with Crippen LogP contribution in [0.3, 0.4) is 0 Å². The Hall–Kier alpha value is -2.64. The summed E-state index contributed by atoms with van der Waals surface area (Å²) in [5.74, 6) is -0.464. The average Bonchev–Trinajstić information content (AvgIpc) is 2.91. The number of benzene rings is 2. The Morgan fingerprint density at radius 3 is 2.25 bits per heavy atom. The molecule has 1 N–H and O–H groups in total. The number of aliphatic hydroxyl groups is 1. The zero-order valence-electron chi connectivity index (χ0n) is 15.5. The molecule has 5 nitrogen and oxygen atoms in total. The molecule has 2 aromatic carbocycles. The van der Waals surface area contributed by atoms with E-state index in [0.29, 0.717) is 17.0 Å². The van der Waals surface area contributed by atoms with Gasteiger partial charge < -0.3 is 9.84 Å². The summed E-state index contributed by atoms with van der Waals surface area (Å²) in [4.78, 5) is 27.3. The summed E-state index contributed by atoms with van der Waals surface area (Å²) in [6, 6.07) is 12.1. The highest BCUT2D eigenvalue weighted by molar-refractivity contribution is 8.04. The zero-order valence-corrected chi connectivity index (χ0v) is 16.3. The first-order chi connectivity index (χ1) is 13.4. The van der Waals surface area contributed by atoms with Crippen molar-refractivity contribution < 1.29 is 23.8 Å². The Kier molecular flexibility index (Phi) is 6.16. The fraction of sp³-hybridized carbons (Fsp3) is 0.238. The Morgan fingerprint density at radius 1 is 1.04 bits per heavy atom. The third-order valence-corrected chi connectivity index (χ3v) is 5.03. The molecule has 2 amide bonds. The van der Waals surface area contributed by atoms with E-state index in [2.05, 4.69) is 0 Å². The van der Waals surface area contributed by atoms with Crippen molar-refractivity contribution in [1.82, 2.24) is 0 Å². The number of imide groups is 1. The van der Waals surface area contributed by atoms with Crippen LogP contribution in [0.25, 0.3) is 5.57 Å². The molecule has 2 aromatic rings. The summed E-state index contributed by atoms with van der Waals surface area (Å²) in [7, 11) is 0. The number of nitrogens with zero attached hydrogens (tertiary/aromatic N) is 1. The van der Waals surface area contributed by atoms with Gasteiger partial charge in [0.05, 0.1) is 28.9 Å². The number of hydrogen-bond donors (Lipinski definition) is 1. The van der Waals surface area contributed by atoms with E-state index in [1.54, 1.807) is 24.3 Å². The van der Waals surface area contributed by atoms with Gasteiger partial charge >= 0.3 is 0 Å². The van der Waals surface area contributed by atoms with Gasteiger partial charge in [0.25, 0.3) is 11.8 Å². The van der Waals surface area contributed by atoms with E-state index in [1.807, 2.05) is 13.8 Å². The standard InChI is InChI=1S/C21H20FNO4S/c1-13(2)27-17-9-3-14(4-10-17)18-19(28-12-11-24)21(26)23(20(18)25)16-7-5-15(22)6-8-16/h3-10,13,24H,11-12H2,1-2H3. The van der Waals surface area contributed by atoms with E-state index >= 15 is 0 Å². The number of aliphatic hydroxyl groups excluding tert-OH is 1. The van der Waals surface area contributed by atoms with Crippen molar-refractivity contribution in [2.45, 2.75) is 20.0 Å². The number of hydrogen-bond acceptors (Lipinski definition) is 5. The van der Waals surface area contributed by atoms with Crippen LogP contribution in [0.15, 0.2) is 53.4 Å². The van der Waals surface area contributed by atoms with Gasteiger partial charge in [-0.25, -0.2) is 9.29 Å². The molecule has 0 saturated heterocycles. The van der Waals surface area contributed by atoms with Crippen molar-refractivity contribution in [3.05, 3.63) is 64.8 Å². The molecule has 0 saturated carbocycles. The summed E-state index contributed by atoms with van der Waals surface area (Å²) >= 11 is 1.13. The lowest BCUT2D eigenvalue weighted by atomic mass is 10.1. The van der Waals surface area contributed by atoms with Crippen LogP contribution in [0, 0.1) is 5.82 Å². The molecule has 0 fully saturated rings. The third-order valence-electron chi connectivity index (χ3n) is 3.98. The predicted molar refractivity (Wildman–Crippen MR) is 108 cm³/mol. The molecule has 7 heteroatoms. The first-order valence-corrected chi connectivity index (χ1v) is 9.80. The Labute approximate surface area is 166 Å². The number of thioether (sulfide) groups is 1. The number of halogens is 1. The predicted octanol–water partition coefficient (Wildman–Crippen LogP) is 3.62. The number of carbonyl (C=O) groups excluding carboxylic acids is 2. The molecule has 3 rings (SSSR count). The van der Waals surface area contributed by atoms with Crippen molar-refractivity contribution >= 4 is 34.8 Å². The maximum Gasteiger partial charge on any atom is 0.272 e. The number of anilines is 1. The molecule has 0 spiro atoms. The van der Waals surface area contributed by atoms with Gasteiger partial charge in [-0.05, 0) is 55.8 Å². The van der Waals surface area contributed by atoms with Gasteiger partial charge in [0, 0.05) is 5.75 Å². The first-order valence-electron chi connectivity index (χ1n) is 8.81. The van der Waals surface area contributed by atoms with Crippen molar-refractivity contribution in [1.29, 1.82) is 0 Å². The Morgan fingerprint density at radius 2 is 1.68 bits per heavy atom. The highest BCUT2D eigenvalue weighted by Crippen LogP contribution is 2.38. The Bertz CT molecular complexity index is 907. The fourth-order valence-corrected chi connectivity index (χ4v) is 3.70. The largest absolute Gasteiger partial charge is 0.491 e. The highest BCUT2D eigenvalue weighted by Gasteiger charge is 2.40. The maximum atomic E-state index is 13.2. The molecule has 0 unspecified atom stereocenters. The summed E-state index contributed by atoms with van der Waals surface area (Å²) in [6.45, 7) is 3.71. The number of carbonyl (C=O) groups is 2. The average molecular weight is 401 g/mol. The van der Waals surface area contributed by atoms with Gasteiger partial charge in [-0.15, -0.1) is 11.8 Å². The zero-order chi connectivity index (χ0) is 20.3. The normalized spacial score (nSPS) is 14.4. The van der Waals surface area contributed by atoms with Crippen LogP contribution in [0.4, 0.5) is 10.1 Å². The Balaban J connectivity index is 1.99. The summed E-state index contributed by atoms with van der Waals surface area (Å²) < 4.78 is 18.9. The lowest BCUT2D eigenvalue weighted by molar-refractivity contribution is -0.119. The van der Waals surface area contributed by atoms with E-state index in [1.165, 1.54) is 24.3 Å². The molecule has 0 aromatic heterocycles. The van der Waals surface area contributed by atoms with Crippen LogP contribution in [-0.4, -0.2) is 35.4 Å². The number of amides is 2. The monoisotopic (exact) mass is 401 g/mol. The number of rotatable bonds is 7. The second-order valence-electron chi connectivity index (χ2n) is 6.39. The molecule has 0 aliphatic carbocycles. The van der Waals surface area contributed by atoms with Crippen LogP contribution in [-0.2, 0) is 9.59 Å². The SMILES string of the molecule is CC(C)Oc1ccc(C2=C(SCCO)C(=O)N(c3ccc(F)cc3)C2=O)cc1. The van der Waals surface area contributed by atoms with E-state index in [4.69, 9.17) is 9.84 Å². The maximum absolute atomic E-state index is 13.2. The fourth-order valence-electron chi connectivity index (χ4n) is 2.84. The minimum absolute atomic E-state index is 0.0180. The van der Waals surface area contributed by atoms with Gasteiger partial charge in [-0.2, -0.15) is 0 Å². The van der Waals surface area contributed by atoms with E-state index in [9.17, 15) is 14.0 Å². The molecule has 0 radical (unpaired) electrons. The quantitative estimate of drug-likeness (QED) is 0.718. The molecule has 146 valence electrons. The number of ether oxygens (including phenoxy) is 1. The molecular formula is C21H20FNO4S. The first kappa shape index (κ1) is 20.1. The molecule has 1 heterocycles. The minimum atomic E-state index is -0.479. The smallest absolute Gasteiger partial charge is 0.272 e. The topological polar surface area (TPSA) is 66.8 Å². The lowest BCUT2D eigenvalue weighted by Crippen LogP contribution is -2.31. The van der Waals surface area contributed by atoms with Crippen molar-refractivity contribution in [3.63, 3.8) is 0 Å². The van der Waals surface area contributed by atoms with Crippen LogP contribution >= 0.6 is 11.8 Å². The van der Waals surface area contributed by atoms with Crippen molar-refractivity contribution in [2.75, 3.05) is 17.3 Å². The van der Waals surface area contributed by atoms with Gasteiger partial charge in [-0.1, -0.05) is 12.1 Å². The van der Waals surface area contributed by atoms with Crippen LogP contribution in [0.1, 0.15) is 19.4 Å². The van der Waals surface area contributed by atoms with Crippen molar-refractivity contribution in [3.8, 4) is 5.75 Å². The highest BCUT2D eigenvalue weighted by atomic mass is 32.2. The second-order valence-corrected chi connectivity index (χ2v) is 7.49. The van der Waals surface area contributed by atoms with Crippen LogP contribution in [0.2, 0.25) is 0 Å². The minimum Gasteiger partial charge on any atom is -0.491 e. The summed E-state index contributed by atoms with van der Waals surface area (Å²) in [6.07, 6.45) is 0.0180. The molecule has 1 aliphatic heterocycles. The lowest BCUT2D eigenvalue weighted by Gasteiger charge is -2.15. The third kappa shape index (κ3) is 4.10. The molecular weight excluding hydrogens is 381 g/mol. The summed E-state index contributed by atoms with van der Waals surface area (Å²) in [5, 5.41) is 9.16. The van der Waals surface area contributed by atoms with Crippen LogP contribution in [0.5, 0.6) is 5.75 Å².